The zero-order chi connectivity index (χ0) is 23.5. The second-order valence-corrected chi connectivity index (χ2v) is 10.6. The summed E-state index contributed by atoms with van der Waals surface area (Å²) >= 11 is 0. The number of rotatable bonds is 8. The molecule has 1 fully saturated rings. The number of anilines is 2. The Labute approximate surface area is 200 Å². The fraction of sp³-hybridized carbons (Fsp3) is 0.458. The average molecular weight is 486 g/mol. The van der Waals surface area contributed by atoms with E-state index in [2.05, 4.69) is 36.2 Å². The molecule has 1 N–H and O–H groups in total. The van der Waals surface area contributed by atoms with Crippen molar-refractivity contribution in [1.82, 2.24) is 14.5 Å². The summed E-state index contributed by atoms with van der Waals surface area (Å²) in [5, 5.41) is 0. The molecule has 182 valence electrons. The van der Waals surface area contributed by atoms with Crippen LogP contribution in [0.2, 0.25) is 0 Å². The fourth-order valence-electron chi connectivity index (χ4n) is 4.59. The van der Waals surface area contributed by atoms with E-state index in [9.17, 15) is 8.42 Å². The summed E-state index contributed by atoms with van der Waals surface area (Å²) in [6.07, 6.45) is 5.13. The summed E-state index contributed by atoms with van der Waals surface area (Å²) in [4.78, 5) is 9.38. The van der Waals surface area contributed by atoms with E-state index in [1.54, 1.807) is 6.07 Å². The molecule has 10 heteroatoms. The van der Waals surface area contributed by atoms with E-state index in [-0.39, 0.29) is 0 Å². The highest BCUT2D eigenvalue weighted by Crippen LogP contribution is 2.34. The van der Waals surface area contributed by atoms with E-state index in [4.69, 9.17) is 9.47 Å². The monoisotopic (exact) mass is 485 g/mol. The molecule has 1 aromatic heterocycles. The topological polar surface area (TPSA) is 88.9 Å². The van der Waals surface area contributed by atoms with Gasteiger partial charge in [-0.15, -0.1) is 0 Å². The van der Waals surface area contributed by atoms with Gasteiger partial charge in [-0.1, -0.05) is 0 Å². The van der Waals surface area contributed by atoms with Gasteiger partial charge in [-0.3, -0.25) is 9.62 Å². The Kier molecular flexibility index (Phi) is 6.51. The molecule has 1 saturated heterocycles. The highest BCUT2D eigenvalue weighted by atomic mass is 32.2. The summed E-state index contributed by atoms with van der Waals surface area (Å²) in [5.74, 6) is 1.68. The number of benzene rings is 2. The van der Waals surface area contributed by atoms with Gasteiger partial charge in [-0.25, -0.2) is 13.4 Å². The number of hydrogen-bond donors (Lipinski definition) is 1. The maximum absolute atomic E-state index is 11.5. The van der Waals surface area contributed by atoms with Gasteiger partial charge in [-0.05, 0) is 49.7 Å². The lowest BCUT2D eigenvalue weighted by atomic mass is 10.2. The molecule has 5 rings (SSSR count). The predicted octanol–water partition coefficient (Wildman–Crippen LogP) is 2.78. The second kappa shape index (κ2) is 9.71. The number of nitrogens with one attached hydrogen (secondary N) is 1. The number of fused-ring (bicyclic) bond motifs is 2. The molecule has 0 atom stereocenters. The molecule has 3 aromatic rings. The standard InChI is InChI=1S/C24H31N5O4S/c1-34(30,31)26-19-4-6-21-22(16-19)29(18-25-21)9-3-2-8-27-10-12-28(13-11-27)20-5-7-23-24(17-20)33-15-14-32-23/h4-7,16-18,26H,2-3,8-15H2,1H3. The van der Waals surface area contributed by atoms with Gasteiger partial charge in [0.25, 0.3) is 0 Å². The van der Waals surface area contributed by atoms with E-state index in [0.717, 1.165) is 80.9 Å². The first-order valence-electron chi connectivity index (χ1n) is 11.7. The van der Waals surface area contributed by atoms with Crippen LogP contribution >= 0.6 is 0 Å². The van der Waals surface area contributed by atoms with Gasteiger partial charge in [0, 0.05) is 44.5 Å². The van der Waals surface area contributed by atoms with Crippen molar-refractivity contribution >= 4 is 32.4 Å². The smallest absolute Gasteiger partial charge is 0.229 e. The average Bonchev–Trinajstić information content (AvgIpc) is 3.23. The lowest BCUT2D eigenvalue weighted by Crippen LogP contribution is -2.46. The van der Waals surface area contributed by atoms with E-state index < -0.39 is 10.0 Å². The molecule has 0 bridgehead atoms. The number of piperazine rings is 1. The molecule has 0 saturated carbocycles. The number of nitrogens with zero attached hydrogens (tertiary/aromatic N) is 4. The van der Waals surface area contributed by atoms with Crippen molar-refractivity contribution in [2.75, 3.05) is 61.8 Å². The number of hydrogen-bond acceptors (Lipinski definition) is 7. The summed E-state index contributed by atoms with van der Waals surface area (Å²) < 4.78 is 39.0. The van der Waals surface area contributed by atoms with Crippen molar-refractivity contribution in [3.05, 3.63) is 42.7 Å². The molecule has 9 nitrogen and oxygen atoms in total. The van der Waals surface area contributed by atoms with Crippen molar-refractivity contribution in [3.63, 3.8) is 0 Å². The lowest BCUT2D eigenvalue weighted by Gasteiger charge is -2.36. The highest BCUT2D eigenvalue weighted by Gasteiger charge is 2.19. The minimum Gasteiger partial charge on any atom is -0.486 e. The molecule has 2 aliphatic rings. The molecule has 2 aromatic carbocycles. The minimum atomic E-state index is -3.30. The summed E-state index contributed by atoms with van der Waals surface area (Å²) in [7, 11) is -3.30. The van der Waals surface area contributed by atoms with Crippen LogP contribution in [0.4, 0.5) is 11.4 Å². The van der Waals surface area contributed by atoms with Crippen LogP contribution in [-0.4, -0.2) is 75.1 Å². The van der Waals surface area contributed by atoms with E-state index in [1.165, 1.54) is 5.69 Å². The number of imidazole rings is 1. The van der Waals surface area contributed by atoms with Crippen LogP contribution in [0.25, 0.3) is 11.0 Å². The minimum absolute atomic E-state index is 0.563. The summed E-state index contributed by atoms with van der Waals surface area (Å²) in [5.41, 5.74) is 3.57. The third kappa shape index (κ3) is 5.39. The van der Waals surface area contributed by atoms with Gasteiger partial charge < -0.3 is 18.9 Å². The Morgan fingerprint density at radius 1 is 0.941 bits per heavy atom. The maximum atomic E-state index is 11.5. The molecule has 0 amide bonds. The molecular weight excluding hydrogens is 454 g/mol. The maximum Gasteiger partial charge on any atom is 0.229 e. The molecule has 0 spiro atoms. The quantitative estimate of drug-likeness (QED) is 0.491. The summed E-state index contributed by atoms with van der Waals surface area (Å²) in [6, 6.07) is 11.7. The SMILES string of the molecule is CS(=O)(=O)Nc1ccc2ncn(CCCCN3CCN(c4ccc5c(c4)OCCO5)CC3)c2c1. The van der Waals surface area contributed by atoms with Gasteiger partial charge >= 0.3 is 0 Å². The van der Waals surface area contributed by atoms with Crippen molar-refractivity contribution in [2.24, 2.45) is 0 Å². The van der Waals surface area contributed by atoms with Crippen LogP contribution in [0, 0.1) is 0 Å². The number of ether oxygens (including phenoxy) is 2. The number of sulfonamides is 1. The van der Waals surface area contributed by atoms with Crippen LogP contribution in [0.15, 0.2) is 42.7 Å². The molecule has 2 aliphatic heterocycles. The van der Waals surface area contributed by atoms with Gasteiger partial charge in [-0.2, -0.15) is 0 Å². The zero-order valence-corrected chi connectivity index (χ0v) is 20.3. The Balaban J connectivity index is 1.09. The molecule has 0 unspecified atom stereocenters. The predicted molar refractivity (Wildman–Crippen MR) is 134 cm³/mol. The highest BCUT2D eigenvalue weighted by molar-refractivity contribution is 7.92. The Morgan fingerprint density at radius 2 is 1.71 bits per heavy atom. The first-order chi connectivity index (χ1) is 16.4. The molecule has 0 radical (unpaired) electrons. The Bertz CT molecular complexity index is 1250. The van der Waals surface area contributed by atoms with Gasteiger partial charge in [0.1, 0.15) is 13.2 Å². The van der Waals surface area contributed by atoms with Crippen LogP contribution in [0.3, 0.4) is 0 Å². The van der Waals surface area contributed by atoms with Crippen molar-refractivity contribution < 1.29 is 17.9 Å². The van der Waals surface area contributed by atoms with E-state index >= 15 is 0 Å². The number of aromatic nitrogens is 2. The largest absolute Gasteiger partial charge is 0.486 e. The van der Waals surface area contributed by atoms with Crippen molar-refractivity contribution in [1.29, 1.82) is 0 Å². The van der Waals surface area contributed by atoms with Crippen LogP contribution in [0.5, 0.6) is 11.5 Å². The van der Waals surface area contributed by atoms with Gasteiger partial charge in [0.05, 0.1) is 29.3 Å². The van der Waals surface area contributed by atoms with E-state index in [1.807, 2.05) is 24.5 Å². The normalized spacial score (nSPS) is 16.7. The van der Waals surface area contributed by atoms with Crippen LogP contribution in [0.1, 0.15) is 12.8 Å². The van der Waals surface area contributed by atoms with Crippen molar-refractivity contribution in [2.45, 2.75) is 19.4 Å². The van der Waals surface area contributed by atoms with Gasteiger partial charge in [0.15, 0.2) is 11.5 Å². The first kappa shape index (κ1) is 22.8. The van der Waals surface area contributed by atoms with Crippen LogP contribution < -0.4 is 19.1 Å². The first-order valence-corrected chi connectivity index (χ1v) is 13.6. The van der Waals surface area contributed by atoms with E-state index in [0.29, 0.717) is 18.9 Å². The summed E-state index contributed by atoms with van der Waals surface area (Å²) in [6.45, 7) is 7.25. The Hall–Kier alpha value is -2.98. The van der Waals surface area contributed by atoms with Crippen LogP contribution in [-0.2, 0) is 16.6 Å². The zero-order valence-electron chi connectivity index (χ0n) is 19.4. The fourth-order valence-corrected chi connectivity index (χ4v) is 5.14. The van der Waals surface area contributed by atoms with Crippen molar-refractivity contribution in [3.8, 4) is 11.5 Å². The third-order valence-electron chi connectivity index (χ3n) is 6.31. The Morgan fingerprint density at radius 3 is 2.50 bits per heavy atom. The third-order valence-corrected chi connectivity index (χ3v) is 6.92. The van der Waals surface area contributed by atoms with Gasteiger partial charge in [0.2, 0.25) is 10.0 Å². The number of aryl methyl sites for hydroxylation is 1. The molecule has 0 aliphatic carbocycles. The molecule has 3 heterocycles. The molecular formula is C24H31N5O4S. The number of unbranched alkanes of at least 4 members (excludes halogenated alkanes) is 1. The molecule has 34 heavy (non-hydrogen) atoms. The second-order valence-electron chi connectivity index (χ2n) is 8.88. The lowest BCUT2D eigenvalue weighted by molar-refractivity contribution is 0.171.